The Kier molecular flexibility index (Phi) is 10.0. The lowest BCUT2D eigenvalue weighted by molar-refractivity contribution is -0.130. The Bertz CT molecular complexity index is 707. The van der Waals surface area contributed by atoms with Crippen LogP contribution in [0.2, 0.25) is 0 Å². The summed E-state index contributed by atoms with van der Waals surface area (Å²) in [6.07, 6.45) is 7.32. The average Bonchev–Trinajstić information content (AvgIpc) is 3.17. The lowest BCUT2D eigenvalue weighted by Crippen LogP contribution is -2.45. The number of nitrogens with one attached hydrogen (secondary N) is 2. The maximum absolute atomic E-state index is 12.3. The Morgan fingerprint density at radius 3 is 2.46 bits per heavy atom. The second-order valence-electron chi connectivity index (χ2n) is 6.99. The van der Waals surface area contributed by atoms with Crippen LogP contribution in [0.25, 0.3) is 0 Å². The number of halogens is 2. The van der Waals surface area contributed by atoms with Gasteiger partial charge in [0.25, 0.3) is 0 Å². The summed E-state index contributed by atoms with van der Waals surface area (Å²) in [6, 6.07) is 8.34. The number of carbonyl (C=O) groups is 1. The SMILES string of the molecule is Cl.Cl.N#Cc1ccc(NC2CCC(NCC(=O)N3CCC[C@H]3C#N)CC2)nc1. The van der Waals surface area contributed by atoms with Gasteiger partial charge >= 0.3 is 0 Å². The van der Waals surface area contributed by atoms with E-state index in [0.717, 1.165) is 44.3 Å². The molecule has 0 spiro atoms. The largest absolute Gasteiger partial charge is 0.367 e. The molecular weight excluding hydrogens is 399 g/mol. The Morgan fingerprint density at radius 1 is 1.14 bits per heavy atom. The second kappa shape index (κ2) is 11.7. The van der Waals surface area contributed by atoms with E-state index in [4.69, 9.17) is 10.5 Å². The van der Waals surface area contributed by atoms with Gasteiger partial charge < -0.3 is 15.5 Å². The first-order valence-electron chi connectivity index (χ1n) is 9.24. The Labute approximate surface area is 178 Å². The molecule has 1 saturated carbocycles. The lowest BCUT2D eigenvalue weighted by atomic mass is 9.91. The molecule has 1 atom stereocenters. The van der Waals surface area contributed by atoms with Gasteiger partial charge in [0.2, 0.25) is 5.91 Å². The van der Waals surface area contributed by atoms with Gasteiger partial charge in [0.15, 0.2) is 0 Å². The van der Waals surface area contributed by atoms with Gasteiger partial charge in [0.05, 0.1) is 18.2 Å². The summed E-state index contributed by atoms with van der Waals surface area (Å²) < 4.78 is 0. The van der Waals surface area contributed by atoms with Crippen molar-refractivity contribution in [3.63, 3.8) is 0 Å². The first-order chi connectivity index (χ1) is 12.7. The minimum atomic E-state index is -0.246. The molecule has 1 aliphatic carbocycles. The molecule has 7 nitrogen and oxygen atoms in total. The van der Waals surface area contributed by atoms with Gasteiger partial charge in [-0.3, -0.25) is 4.79 Å². The number of anilines is 1. The normalized spacial score (nSPS) is 23.5. The monoisotopic (exact) mass is 424 g/mol. The molecule has 2 aliphatic rings. The minimum absolute atomic E-state index is 0. The Morgan fingerprint density at radius 2 is 1.86 bits per heavy atom. The molecule has 2 N–H and O–H groups in total. The van der Waals surface area contributed by atoms with Gasteiger partial charge in [-0.1, -0.05) is 0 Å². The first-order valence-corrected chi connectivity index (χ1v) is 9.24. The highest BCUT2D eigenvalue weighted by Gasteiger charge is 2.29. The highest BCUT2D eigenvalue weighted by Crippen LogP contribution is 2.22. The summed E-state index contributed by atoms with van der Waals surface area (Å²) in [6.45, 7) is 1.02. The van der Waals surface area contributed by atoms with E-state index in [9.17, 15) is 4.79 Å². The van der Waals surface area contributed by atoms with Gasteiger partial charge in [-0.15, -0.1) is 24.8 Å². The van der Waals surface area contributed by atoms with Crippen LogP contribution in [0.3, 0.4) is 0 Å². The fourth-order valence-corrected chi connectivity index (χ4v) is 3.73. The molecular formula is C19H26Cl2N6O. The molecule has 1 aliphatic heterocycles. The molecule has 2 heterocycles. The Hall–Kier alpha value is -2.06. The molecule has 0 unspecified atom stereocenters. The van der Waals surface area contributed by atoms with Crippen LogP contribution in [0.4, 0.5) is 5.82 Å². The number of carbonyl (C=O) groups excluding carboxylic acids is 1. The number of nitrogens with zero attached hydrogens (tertiary/aromatic N) is 4. The number of nitriles is 2. The van der Waals surface area contributed by atoms with Crippen molar-refractivity contribution in [3.05, 3.63) is 23.9 Å². The van der Waals surface area contributed by atoms with Crippen molar-refractivity contribution in [2.24, 2.45) is 0 Å². The summed E-state index contributed by atoms with van der Waals surface area (Å²) in [5.74, 6) is 0.836. The van der Waals surface area contributed by atoms with Gasteiger partial charge in [-0.05, 0) is 50.7 Å². The van der Waals surface area contributed by atoms with Crippen LogP contribution in [-0.4, -0.2) is 47.0 Å². The standard InChI is InChI=1S/C19H24N6O.2ClH/c20-10-14-3-8-18(23-12-14)24-16-6-4-15(5-7-16)22-13-19(26)25-9-1-2-17(25)11-21;;/h3,8,12,15-17,22H,1-2,4-7,9,13H2,(H,23,24);2*1H/t15?,16?,17-;;/m0../s1. The van der Waals surface area contributed by atoms with E-state index >= 15 is 0 Å². The van der Waals surface area contributed by atoms with Crippen LogP contribution in [0.5, 0.6) is 0 Å². The van der Waals surface area contributed by atoms with Crippen molar-refractivity contribution >= 4 is 36.5 Å². The first kappa shape index (κ1) is 24.0. The quantitative estimate of drug-likeness (QED) is 0.752. The predicted octanol–water partition coefficient (Wildman–Crippen LogP) is 2.62. The molecule has 2 fully saturated rings. The van der Waals surface area contributed by atoms with E-state index in [0.29, 0.717) is 30.7 Å². The lowest BCUT2D eigenvalue weighted by Gasteiger charge is -2.30. The minimum Gasteiger partial charge on any atom is -0.367 e. The highest BCUT2D eigenvalue weighted by molar-refractivity contribution is 5.85. The second-order valence-corrected chi connectivity index (χ2v) is 6.99. The van der Waals surface area contributed by atoms with E-state index in [1.54, 1.807) is 17.2 Å². The van der Waals surface area contributed by atoms with E-state index < -0.39 is 0 Å². The number of aromatic nitrogens is 1. The molecule has 0 aromatic carbocycles. The van der Waals surface area contributed by atoms with Crippen molar-refractivity contribution in [2.75, 3.05) is 18.4 Å². The van der Waals surface area contributed by atoms with Crippen molar-refractivity contribution in [1.29, 1.82) is 10.5 Å². The van der Waals surface area contributed by atoms with Gasteiger partial charge in [0, 0.05) is 24.8 Å². The number of likely N-dealkylation sites (tertiary alicyclic amines) is 1. The van der Waals surface area contributed by atoms with E-state index in [2.05, 4.69) is 27.8 Å². The van der Waals surface area contributed by atoms with Gasteiger partial charge in [0.1, 0.15) is 17.9 Å². The number of amides is 1. The molecule has 0 radical (unpaired) electrons. The zero-order valence-corrected chi connectivity index (χ0v) is 17.3. The third-order valence-corrected chi connectivity index (χ3v) is 5.24. The summed E-state index contributed by atoms with van der Waals surface area (Å²) in [4.78, 5) is 18.2. The zero-order chi connectivity index (χ0) is 18.4. The Balaban J connectivity index is 0.00000196. The van der Waals surface area contributed by atoms with Crippen LogP contribution in [0.1, 0.15) is 44.1 Å². The zero-order valence-electron chi connectivity index (χ0n) is 15.6. The van der Waals surface area contributed by atoms with Crippen molar-refractivity contribution in [3.8, 4) is 12.1 Å². The third-order valence-electron chi connectivity index (χ3n) is 5.24. The molecule has 1 aromatic heterocycles. The number of rotatable bonds is 5. The fraction of sp³-hybridized carbons (Fsp3) is 0.579. The summed E-state index contributed by atoms with van der Waals surface area (Å²) in [5, 5.41) is 24.7. The molecule has 1 amide bonds. The number of hydrogen-bond donors (Lipinski definition) is 2. The summed E-state index contributed by atoms with van der Waals surface area (Å²) in [5.41, 5.74) is 0.560. The van der Waals surface area contributed by atoms with Crippen molar-refractivity contribution < 1.29 is 4.79 Å². The van der Waals surface area contributed by atoms with Gasteiger partial charge in [-0.2, -0.15) is 10.5 Å². The summed E-state index contributed by atoms with van der Waals surface area (Å²) in [7, 11) is 0. The average molecular weight is 425 g/mol. The van der Waals surface area contributed by atoms with Crippen LogP contribution < -0.4 is 10.6 Å². The highest BCUT2D eigenvalue weighted by atomic mass is 35.5. The summed E-state index contributed by atoms with van der Waals surface area (Å²) >= 11 is 0. The number of hydrogen-bond acceptors (Lipinski definition) is 6. The molecule has 28 heavy (non-hydrogen) atoms. The van der Waals surface area contributed by atoms with Crippen LogP contribution in [0, 0.1) is 22.7 Å². The van der Waals surface area contributed by atoms with Crippen LogP contribution in [0.15, 0.2) is 18.3 Å². The van der Waals surface area contributed by atoms with Crippen molar-refractivity contribution in [2.45, 2.75) is 56.7 Å². The van der Waals surface area contributed by atoms with Gasteiger partial charge in [-0.25, -0.2) is 4.98 Å². The maximum atomic E-state index is 12.3. The van der Waals surface area contributed by atoms with Crippen LogP contribution in [-0.2, 0) is 4.79 Å². The van der Waals surface area contributed by atoms with Crippen LogP contribution >= 0.6 is 24.8 Å². The fourth-order valence-electron chi connectivity index (χ4n) is 3.73. The smallest absolute Gasteiger partial charge is 0.237 e. The molecule has 9 heteroatoms. The van der Waals surface area contributed by atoms with E-state index in [1.165, 1.54) is 0 Å². The van der Waals surface area contributed by atoms with E-state index in [-0.39, 0.29) is 36.8 Å². The molecule has 0 bridgehead atoms. The van der Waals surface area contributed by atoms with E-state index in [1.807, 2.05) is 6.07 Å². The molecule has 152 valence electrons. The molecule has 1 saturated heterocycles. The predicted molar refractivity (Wildman–Crippen MR) is 111 cm³/mol. The number of pyridine rings is 1. The topological polar surface area (TPSA) is 105 Å². The maximum Gasteiger partial charge on any atom is 0.237 e. The van der Waals surface area contributed by atoms with Crippen molar-refractivity contribution in [1.82, 2.24) is 15.2 Å². The molecule has 3 rings (SSSR count). The molecule has 1 aromatic rings. The third kappa shape index (κ3) is 6.24.